The van der Waals surface area contributed by atoms with E-state index in [1.807, 2.05) is 37.3 Å². The Morgan fingerprint density at radius 3 is 2.29 bits per heavy atom. The lowest BCUT2D eigenvalue weighted by Crippen LogP contribution is -2.01. The second-order valence-corrected chi connectivity index (χ2v) is 4.64. The molecule has 1 heterocycles. The van der Waals surface area contributed by atoms with Crippen molar-refractivity contribution in [2.45, 2.75) is 6.92 Å². The topological polar surface area (TPSA) is 68.0 Å². The van der Waals surface area contributed by atoms with Crippen LogP contribution in [0.2, 0.25) is 0 Å². The van der Waals surface area contributed by atoms with Crippen molar-refractivity contribution in [2.75, 3.05) is 0 Å². The van der Waals surface area contributed by atoms with Gasteiger partial charge in [0.05, 0.1) is 16.9 Å². The third kappa shape index (κ3) is 2.53. The molecule has 0 aliphatic heterocycles. The van der Waals surface area contributed by atoms with E-state index in [0.717, 1.165) is 22.6 Å². The van der Waals surface area contributed by atoms with E-state index in [1.165, 1.54) is 4.80 Å². The Kier molecular flexibility index (Phi) is 3.23. The average Bonchev–Trinajstić information content (AvgIpc) is 2.90. The summed E-state index contributed by atoms with van der Waals surface area (Å²) in [5.41, 5.74) is 3.61. The van der Waals surface area contributed by atoms with Gasteiger partial charge in [-0.2, -0.15) is 9.90 Å². The zero-order valence-corrected chi connectivity index (χ0v) is 11.4. The lowest BCUT2D eigenvalue weighted by atomic mass is 10.1. The number of aromatic carboxylic acids is 1. The Balaban J connectivity index is 1.99. The lowest BCUT2D eigenvalue weighted by molar-refractivity contribution is 0.0697. The van der Waals surface area contributed by atoms with Crippen LogP contribution in [0.3, 0.4) is 0 Å². The van der Waals surface area contributed by atoms with Crippen molar-refractivity contribution < 1.29 is 9.90 Å². The van der Waals surface area contributed by atoms with Crippen LogP contribution in [0, 0.1) is 6.92 Å². The van der Waals surface area contributed by atoms with Gasteiger partial charge in [0.1, 0.15) is 5.69 Å². The minimum absolute atomic E-state index is 0.242. The smallest absolute Gasteiger partial charge is 0.335 e. The molecule has 3 aromatic rings. The Morgan fingerprint density at radius 2 is 1.67 bits per heavy atom. The normalized spacial score (nSPS) is 10.5. The summed E-state index contributed by atoms with van der Waals surface area (Å²) >= 11 is 0. The second kappa shape index (κ2) is 5.20. The zero-order chi connectivity index (χ0) is 14.8. The lowest BCUT2D eigenvalue weighted by Gasteiger charge is -2.00. The van der Waals surface area contributed by atoms with Crippen molar-refractivity contribution in [3.63, 3.8) is 0 Å². The number of benzene rings is 2. The minimum Gasteiger partial charge on any atom is -0.478 e. The molecule has 0 aliphatic carbocycles. The quantitative estimate of drug-likeness (QED) is 0.800. The number of carboxylic acids is 1. The van der Waals surface area contributed by atoms with Gasteiger partial charge in [0.2, 0.25) is 0 Å². The number of carbonyl (C=O) groups is 1. The highest BCUT2D eigenvalue weighted by Gasteiger charge is 2.10. The zero-order valence-electron chi connectivity index (χ0n) is 11.4. The molecule has 5 heteroatoms. The average molecular weight is 279 g/mol. The van der Waals surface area contributed by atoms with E-state index >= 15 is 0 Å². The molecule has 0 spiro atoms. The van der Waals surface area contributed by atoms with Gasteiger partial charge < -0.3 is 5.11 Å². The summed E-state index contributed by atoms with van der Waals surface area (Å²) in [5.74, 6) is -0.948. The van der Waals surface area contributed by atoms with Crippen molar-refractivity contribution in [1.82, 2.24) is 15.0 Å². The number of nitrogens with zero attached hydrogens (tertiary/aromatic N) is 3. The van der Waals surface area contributed by atoms with Crippen LogP contribution in [0.15, 0.2) is 54.6 Å². The highest BCUT2D eigenvalue weighted by Crippen LogP contribution is 2.20. The molecule has 0 fully saturated rings. The third-order valence-corrected chi connectivity index (χ3v) is 3.17. The summed E-state index contributed by atoms with van der Waals surface area (Å²) in [6, 6.07) is 16.3. The summed E-state index contributed by atoms with van der Waals surface area (Å²) in [6.07, 6.45) is 0. The second-order valence-electron chi connectivity index (χ2n) is 4.64. The standard InChI is InChI=1S/C16H13N3O2/c1-11-15(12-5-3-2-4-6-12)18-19(17-11)14-9-7-13(8-10-14)16(20)21/h2-10H,1H3,(H,20,21). The molecule has 21 heavy (non-hydrogen) atoms. The van der Waals surface area contributed by atoms with E-state index < -0.39 is 5.97 Å². The number of aromatic nitrogens is 3. The molecule has 0 saturated heterocycles. The first-order valence-corrected chi connectivity index (χ1v) is 6.48. The fourth-order valence-electron chi connectivity index (χ4n) is 2.09. The van der Waals surface area contributed by atoms with Gasteiger partial charge in [-0.3, -0.25) is 0 Å². The predicted octanol–water partition coefficient (Wildman–Crippen LogP) is 2.94. The molecule has 0 radical (unpaired) electrons. The molecular weight excluding hydrogens is 266 g/mol. The SMILES string of the molecule is Cc1nn(-c2ccc(C(=O)O)cc2)nc1-c1ccccc1. The Morgan fingerprint density at radius 1 is 1.00 bits per heavy atom. The highest BCUT2D eigenvalue weighted by molar-refractivity contribution is 5.87. The molecule has 2 aromatic carbocycles. The van der Waals surface area contributed by atoms with Crippen molar-refractivity contribution in [1.29, 1.82) is 0 Å². The first-order chi connectivity index (χ1) is 10.1. The number of hydrogen-bond acceptors (Lipinski definition) is 3. The molecule has 0 bridgehead atoms. The fraction of sp³-hybridized carbons (Fsp3) is 0.0625. The number of hydrogen-bond donors (Lipinski definition) is 1. The summed E-state index contributed by atoms with van der Waals surface area (Å²) in [7, 11) is 0. The summed E-state index contributed by atoms with van der Waals surface area (Å²) < 4.78 is 0. The van der Waals surface area contributed by atoms with Crippen molar-refractivity contribution >= 4 is 5.97 Å². The molecular formula is C16H13N3O2. The maximum Gasteiger partial charge on any atom is 0.335 e. The first-order valence-electron chi connectivity index (χ1n) is 6.48. The van der Waals surface area contributed by atoms with E-state index in [0.29, 0.717) is 0 Å². The van der Waals surface area contributed by atoms with Crippen LogP contribution in [0.5, 0.6) is 0 Å². The van der Waals surface area contributed by atoms with E-state index in [4.69, 9.17) is 5.11 Å². The molecule has 3 rings (SSSR count). The summed E-state index contributed by atoms with van der Waals surface area (Å²) in [4.78, 5) is 12.4. The largest absolute Gasteiger partial charge is 0.478 e. The molecule has 0 aliphatic rings. The van der Waals surface area contributed by atoms with Crippen LogP contribution in [0.25, 0.3) is 16.9 Å². The highest BCUT2D eigenvalue weighted by atomic mass is 16.4. The van der Waals surface area contributed by atoms with Gasteiger partial charge in [0.25, 0.3) is 0 Å². The van der Waals surface area contributed by atoms with E-state index in [9.17, 15) is 4.79 Å². The Labute approximate surface area is 121 Å². The first kappa shape index (κ1) is 13.1. The molecule has 1 N–H and O–H groups in total. The molecule has 104 valence electrons. The maximum absolute atomic E-state index is 10.9. The van der Waals surface area contributed by atoms with Gasteiger partial charge in [-0.25, -0.2) is 4.79 Å². The Hall–Kier alpha value is -2.95. The molecule has 0 unspecified atom stereocenters. The van der Waals surface area contributed by atoms with Crippen LogP contribution in [0.1, 0.15) is 16.1 Å². The fourth-order valence-corrected chi connectivity index (χ4v) is 2.09. The minimum atomic E-state index is -0.948. The van der Waals surface area contributed by atoms with Crippen molar-refractivity contribution in [3.05, 3.63) is 65.9 Å². The number of carboxylic acid groups (broad SMARTS) is 1. The molecule has 5 nitrogen and oxygen atoms in total. The van der Waals surface area contributed by atoms with Crippen LogP contribution in [0.4, 0.5) is 0 Å². The van der Waals surface area contributed by atoms with Crippen molar-refractivity contribution in [2.24, 2.45) is 0 Å². The van der Waals surface area contributed by atoms with Crippen LogP contribution in [-0.2, 0) is 0 Å². The van der Waals surface area contributed by atoms with Crippen LogP contribution in [-0.4, -0.2) is 26.1 Å². The van der Waals surface area contributed by atoms with Gasteiger partial charge in [-0.1, -0.05) is 30.3 Å². The van der Waals surface area contributed by atoms with E-state index in [-0.39, 0.29) is 5.56 Å². The molecule has 0 atom stereocenters. The van der Waals surface area contributed by atoms with Gasteiger partial charge in [-0.05, 0) is 31.2 Å². The Bertz CT molecular complexity index is 777. The summed E-state index contributed by atoms with van der Waals surface area (Å²) in [6.45, 7) is 1.90. The number of aryl methyl sites for hydroxylation is 1. The third-order valence-electron chi connectivity index (χ3n) is 3.17. The van der Waals surface area contributed by atoms with E-state index in [1.54, 1.807) is 24.3 Å². The van der Waals surface area contributed by atoms with Gasteiger partial charge in [0, 0.05) is 5.56 Å². The monoisotopic (exact) mass is 279 g/mol. The predicted molar refractivity (Wildman–Crippen MR) is 78.5 cm³/mol. The maximum atomic E-state index is 10.9. The van der Waals surface area contributed by atoms with Gasteiger partial charge in [-0.15, -0.1) is 5.10 Å². The summed E-state index contributed by atoms with van der Waals surface area (Å²) in [5, 5.41) is 17.8. The molecule has 0 amide bonds. The van der Waals surface area contributed by atoms with Crippen LogP contribution < -0.4 is 0 Å². The van der Waals surface area contributed by atoms with Crippen molar-refractivity contribution in [3.8, 4) is 16.9 Å². The number of rotatable bonds is 3. The van der Waals surface area contributed by atoms with Gasteiger partial charge >= 0.3 is 5.97 Å². The van der Waals surface area contributed by atoms with Gasteiger partial charge in [0.15, 0.2) is 0 Å². The molecule has 0 saturated carbocycles. The van der Waals surface area contributed by atoms with Crippen LogP contribution >= 0.6 is 0 Å². The van der Waals surface area contributed by atoms with E-state index in [2.05, 4.69) is 10.2 Å². The molecule has 1 aromatic heterocycles.